The molecular weight excluding hydrogens is 260 g/mol. The van der Waals surface area contributed by atoms with Crippen LogP contribution in [0.5, 0.6) is 0 Å². The number of hydrogen-bond donors (Lipinski definition) is 1. The smallest absolute Gasteiger partial charge is 0.330 e. The van der Waals surface area contributed by atoms with Crippen LogP contribution in [-0.2, 0) is 19.1 Å². The van der Waals surface area contributed by atoms with Crippen molar-refractivity contribution >= 4 is 23.8 Å². The van der Waals surface area contributed by atoms with Gasteiger partial charge in [-0.3, -0.25) is 4.79 Å². The summed E-state index contributed by atoms with van der Waals surface area (Å²) in [4.78, 5) is 23.1. The summed E-state index contributed by atoms with van der Waals surface area (Å²) in [6.07, 6.45) is 1.11. The van der Waals surface area contributed by atoms with Crippen molar-refractivity contribution in [2.24, 2.45) is 0 Å². The summed E-state index contributed by atoms with van der Waals surface area (Å²) in [6, 6.07) is 7.26. The fraction of sp³-hybridized carbons (Fsp3) is 0.286. The first kappa shape index (κ1) is 15.6. The third-order valence-electron chi connectivity index (χ3n) is 2.58. The maximum atomic E-state index is 11.0. The number of nitrogen functional groups attached to an aromatic ring is 1. The molecule has 0 radical (unpaired) electrons. The first-order valence-corrected chi connectivity index (χ1v) is 6.12. The summed E-state index contributed by atoms with van der Waals surface area (Å²) in [6.45, 7) is 5.17. The van der Waals surface area contributed by atoms with Crippen LogP contribution in [0.15, 0.2) is 36.9 Å². The summed E-state index contributed by atoms with van der Waals surface area (Å²) < 4.78 is 9.63. The highest BCUT2D eigenvalue weighted by molar-refractivity contribution is 5.81. The van der Waals surface area contributed by atoms with E-state index in [1.807, 2.05) is 17.0 Å². The van der Waals surface area contributed by atoms with Crippen LogP contribution < -0.4 is 10.6 Å². The third kappa shape index (κ3) is 5.43. The minimum atomic E-state index is -0.466. The predicted molar refractivity (Wildman–Crippen MR) is 76.2 cm³/mol. The molecule has 0 fully saturated rings. The van der Waals surface area contributed by atoms with Gasteiger partial charge in [-0.15, -0.1) is 0 Å². The van der Waals surface area contributed by atoms with Gasteiger partial charge in [-0.25, -0.2) is 4.79 Å². The van der Waals surface area contributed by atoms with E-state index in [1.165, 1.54) is 0 Å². The minimum absolute atomic E-state index is 0.219. The van der Waals surface area contributed by atoms with Gasteiger partial charge in [-0.2, -0.15) is 0 Å². The molecular formula is C14H18N2O4. The van der Waals surface area contributed by atoms with Gasteiger partial charge in [0.25, 0.3) is 6.47 Å². The zero-order chi connectivity index (χ0) is 14.8. The zero-order valence-electron chi connectivity index (χ0n) is 11.2. The fourth-order valence-corrected chi connectivity index (χ4v) is 1.58. The molecule has 0 bridgehead atoms. The van der Waals surface area contributed by atoms with Crippen LogP contribution in [0.3, 0.4) is 0 Å². The molecule has 6 nitrogen and oxygen atoms in total. The largest absolute Gasteiger partial charge is 0.466 e. The van der Waals surface area contributed by atoms with Gasteiger partial charge in [-0.05, 0) is 24.3 Å². The van der Waals surface area contributed by atoms with E-state index in [-0.39, 0.29) is 13.2 Å². The van der Waals surface area contributed by atoms with E-state index in [4.69, 9.17) is 10.5 Å². The van der Waals surface area contributed by atoms with Crippen LogP contribution in [0.2, 0.25) is 0 Å². The minimum Gasteiger partial charge on any atom is -0.466 e. The number of nitrogens with two attached hydrogens (primary N) is 1. The van der Waals surface area contributed by atoms with Gasteiger partial charge in [-0.1, -0.05) is 6.58 Å². The normalized spacial score (nSPS) is 9.60. The second-order valence-electron chi connectivity index (χ2n) is 3.92. The highest BCUT2D eigenvalue weighted by atomic mass is 16.5. The van der Waals surface area contributed by atoms with E-state index < -0.39 is 5.97 Å². The molecule has 0 unspecified atom stereocenters. The number of benzene rings is 1. The van der Waals surface area contributed by atoms with E-state index in [0.717, 1.165) is 11.8 Å². The summed E-state index contributed by atoms with van der Waals surface area (Å²) in [5.41, 5.74) is 7.21. The van der Waals surface area contributed by atoms with Crippen molar-refractivity contribution in [2.75, 3.05) is 36.9 Å². The van der Waals surface area contributed by atoms with Crippen LogP contribution in [0.4, 0.5) is 11.4 Å². The average Bonchev–Trinajstić information content (AvgIpc) is 2.46. The highest BCUT2D eigenvalue weighted by Gasteiger charge is 2.07. The Balaban J connectivity index is 2.59. The predicted octanol–water partition coefficient (Wildman–Crippen LogP) is 0.977. The lowest BCUT2D eigenvalue weighted by Gasteiger charge is -2.24. The van der Waals surface area contributed by atoms with Crippen LogP contribution in [0.1, 0.15) is 0 Å². The number of esters is 1. The molecule has 0 amide bonds. The maximum absolute atomic E-state index is 11.0. The van der Waals surface area contributed by atoms with Gasteiger partial charge in [0.15, 0.2) is 0 Å². The van der Waals surface area contributed by atoms with Crippen molar-refractivity contribution in [1.29, 1.82) is 0 Å². The molecule has 0 aromatic heterocycles. The van der Waals surface area contributed by atoms with Crippen molar-refractivity contribution < 1.29 is 19.1 Å². The fourth-order valence-electron chi connectivity index (χ4n) is 1.58. The molecule has 0 spiro atoms. The second kappa shape index (κ2) is 8.58. The Morgan fingerprint density at radius 1 is 1.25 bits per heavy atom. The third-order valence-corrected chi connectivity index (χ3v) is 2.58. The summed E-state index contributed by atoms with van der Waals surface area (Å²) in [5.74, 6) is -0.466. The standard InChI is InChI=1S/C14H18N2O4/c1-2-14(18)20-10-8-16(7-9-19-11-17)13-5-3-12(15)4-6-13/h2-6,11H,1,7-10,15H2. The molecule has 6 heteroatoms. The van der Waals surface area contributed by atoms with E-state index in [1.54, 1.807) is 12.1 Å². The highest BCUT2D eigenvalue weighted by Crippen LogP contribution is 2.15. The monoisotopic (exact) mass is 278 g/mol. The van der Waals surface area contributed by atoms with Crippen molar-refractivity contribution in [3.05, 3.63) is 36.9 Å². The number of carbonyl (C=O) groups is 2. The summed E-state index contributed by atoms with van der Waals surface area (Å²) in [7, 11) is 0. The molecule has 0 atom stereocenters. The lowest BCUT2D eigenvalue weighted by atomic mass is 10.2. The Kier molecular flexibility index (Phi) is 6.67. The topological polar surface area (TPSA) is 81.9 Å². The molecule has 1 rings (SSSR count). The molecule has 0 aliphatic heterocycles. The van der Waals surface area contributed by atoms with Crippen molar-refractivity contribution in [1.82, 2.24) is 0 Å². The summed E-state index contributed by atoms with van der Waals surface area (Å²) in [5, 5.41) is 0. The maximum Gasteiger partial charge on any atom is 0.330 e. The Hall–Kier alpha value is -2.50. The van der Waals surface area contributed by atoms with Gasteiger partial charge >= 0.3 is 5.97 Å². The SMILES string of the molecule is C=CC(=O)OCCN(CCOC=O)c1ccc(N)cc1. The molecule has 0 saturated heterocycles. The van der Waals surface area contributed by atoms with Crippen molar-refractivity contribution in [2.45, 2.75) is 0 Å². The molecule has 1 aromatic rings. The van der Waals surface area contributed by atoms with Gasteiger partial charge in [0.1, 0.15) is 13.2 Å². The molecule has 1 aromatic carbocycles. The lowest BCUT2D eigenvalue weighted by molar-refractivity contribution is -0.137. The van der Waals surface area contributed by atoms with Crippen LogP contribution >= 0.6 is 0 Å². The molecule has 0 aliphatic carbocycles. The number of rotatable bonds is 9. The van der Waals surface area contributed by atoms with E-state index >= 15 is 0 Å². The molecule has 0 aliphatic rings. The van der Waals surface area contributed by atoms with Gasteiger partial charge in [0.2, 0.25) is 0 Å². The van der Waals surface area contributed by atoms with Gasteiger partial charge in [0.05, 0.1) is 13.1 Å². The van der Waals surface area contributed by atoms with Gasteiger partial charge in [0, 0.05) is 17.5 Å². The average molecular weight is 278 g/mol. The Labute approximate surface area is 117 Å². The van der Waals surface area contributed by atoms with E-state index in [0.29, 0.717) is 25.2 Å². The number of hydrogen-bond acceptors (Lipinski definition) is 6. The van der Waals surface area contributed by atoms with Crippen LogP contribution in [0, 0.1) is 0 Å². The number of nitrogens with zero attached hydrogens (tertiary/aromatic N) is 1. The molecule has 0 saturated carbocycles. The lowest BCUT2D eigenvalue weighted by Crippen LogP contribution is -2.31. The zero-order valence-corrected chi connectivity index (χ0v) is 11.2. The van der Waals surface area contributed by atoms with Crippen LogP contribution in [0.25, 0.3) is 0 Å². The molecule has 108 valence electrons. The molecule has 0 heterocycles. The van der Waals surface area contributed by atoms with Gasteiger partial charge < -0.3 is 20.1 Å². The van der Waals surface area contributed by atoms with Crippen molar-refractivity contribution in [3.8, 4) is 0 Å². The number of carbonyl (C=O) groups excluding carboxylic acids is 2. The number of anilines is 2. The number of ether oxygens (including phenoxy) is 2. The van der Waals surface area contributed by atoms with Crippen molar-refractivity contribution in [3.63, 3.8) is 0 Å². The summed E-state index contributed by atoms with van der Waals surface area (Å²) >= 11 is 0. The van der Waals surface area contributed by atoms with E-state index in [2.05, 4.69) is 11.3 Å². The Morgan fingerprint density at radius 2 is 1.90 bits per heavy atom. The molecule has 20 heavy (non-hydrogen) atoms. The second-order valence-corrected chi connectivity index (χ2v) is 3.92. The Morgan fingerprint density at radius 3 is 2.50 bits per heavy atom. The quantitative estimate of drug-likeness (QED) is 0.238. The van der Waals surface area contributed by atoms with Crippen LogP contribution in [-0.4, -0.2) is 38.7 Å². The Bertz CT molecular complexity index is 445. The van der Waals surface area contributed by atoms with E-state index in [9.17, 15) is 9.59 Å². The first-order valence-electron chi connectivity index (χ1n) is 6.12. The molecule has 2 N–H and O–H groups in total. The first-order chi connectivity index (χ1) is 9.67.